The molecule has 2 aromatic rings. The van der Waals surface area contributed by atoms with E-state index in [0.717, 1.165) is 15.6 Å². The number of hydrogen-bond acceptors (Lipinski definition) is 3. The van der Waals surface area contributed by atoms with E-state index < -0.39 is 6.10 Å². The van der Waals surface area contributed by atoms with Gasteiger partial charge < -0.3 is 10.2 Å². The van der Waals surface area contributed by atoms with Crippen LogP contribution in [0.5, 0.6) is 0 Å². The van der Waals surface area contributed by atoms with Crippen molar-refractivity contribution in [2.75, 3.05) is 13.2 Å². The maximum Gasteiger partial charge on any atom is 0.0798 e. The number of nitrogens with zero attached hydrogens (tertiary/aromatic N) is 1. The molecule has 5 heteroatoms. The van der Waals surface area contributed by atoms with Crippen molar-refractivity contribution in [2.24, 2.45) is 0 Å². The molecule has 2 aromatic carbocycles. The molecule has 23 heavy (non-hydrogen) atoms. The highest BCUT2D eigenvalue weighted by molar-refractivity contribution is 9.10. The van der Waals surface area contributed by atoms with Crippen molar-refractivity contribution in [1.82, 2.24) is 4.90 Å². The van der Waals surface area contributed by atoms with Crippen LogP contribution in [0.15, 0.2) is 53.0 Å². The Hall–Kier alpha value is -0.910. The Kier molecular flexibility index (Phi) is 5.39. The summed E-state index contributed by atoms with van der Waals surface area (Å²) in [6.07, 6.45) is -0.594. The van der Waals surface area contributed by atoms with Crippen LogP contribution in [0.25, 0.3) is 0 Å². The molecule has 3 nitrogen and oxygen atoms in total. The third-order valence-corrected chi connectivity index (χ3v) is 5.55. The highest BCUT2D eigenvalue weighted by Gasteiger charge is 2.40. The second kappa shape index (κ2) is 7.32. The van der Waals surface area contributed by atoms with Crippen LogP contribution in [0.4, 0.5) is 0 Å². The average Bonchev–Trinajstić information content (AvgIpc) is 2.86. The van der Waals surface area contributed by atoms with Crippen molar-refractivity contribution < 1.29 is 10.2 Å². The van der Waals surface area contributed by atoms with E-state index in [1.165, 1.54) is 0 Å². The molecule has 0 saturated carbocycles. The van der Waals surface area contributed by atoms with E-state index >= 15 is 0 Å². The Morgan fingerprint density at radius 2 is 1.83 bits per heavy atom. The maximum atomic E-state index is 10.6. The molecule has 0 aliphatic carbocycles. The van der Waals surface area contributed by atoms with E-state index in [-0.39, 0.29) is 18.6 Å². The zero-order valence-corrected chi connectivity index (χ0v) is 14.9. The Bertz CT molecular complexity index is 664. The maximum absolute atomic E-state index is 10.6. The molecule has 0 spiro atoms. The van der Waals surface area contributed by atoms with Gasteiger partial charge in [-0.2, -0.15) is 0 Å². The third kappa shape index (κ3) is 3.62. The van der Waals surface area contributed by atoms with Crippen molar-refractivity contribution in [2.45, 2.75) is 24.6 Å². The fourth-order valence-electron chi connectivity index (χ4n) is 3.24. The van der Waals surface area contributed by atoms with E-state index in [0.29, 0.717) is 18.1 Å². The molecule has 1 fully saturated rings. The molecule has 1 aliphatic heterocycles. The molecule has 1 aliphatic rings. The van der Waals surface area contributed by atoms with Gasteiger partial charge in [0.05, 0.1) is 18.8 Å². The lowest BCUT2D eigenvalue weighted by Gasteiger charge is -2.24. The molecular formula is C18H19BrClNO2. The Balaban J connectivity index is 1.81. The van der Waals surface area contributed by atoms with Gasteiger partial charge in [0.2, 0.25) is 0 Å². The van der Waals surface area contributed by atoms with Crippen LogP contribution in [0.2, 0.25) is 5.02 Å². The molecule has 0 aromatic heterocycles. The van der Waals surface area contributed by atoms with Crippen molar-refractivity contribution in [3.8, 4) is 0 Å². The monoisotopic (exact) mass is 395 g/mol. The number of aliphatic hydroxyl groups is 2. The first kappa shape index (κ1) is 16.9. The number of aliphatic hydroxyl groups excluding tert-OH is 2. The standard InChI is InChI=1S/C18H19BrClNO2/c19-16-4-2-1-3-13(16)9-21-10-15(18(23)17(21)11-22)12-5-7-14(20)8-6-12/h1-8,15,17-18,22-23H,9-11H2/t15-,17-,18-/m1/s1. The van der Waals surface area contributed by atoms with Crippen LogP contribution >= 0.6 is 27.5 Å². The van der Waals surface area contributed by atoms with Crippen molar-refractivity contribution in [3.05, 3.63) is 69.2 Å². The first-order valence-electron chi connectivity index (χ1n) is 7.62. The molecule has 3 atom stereocenters. The summed E-state index contributed by atoms with van der Waals surface area (Å²) in [5.74, 6) is -0.0214. The van der Waals surface area contributed by atoms with Crippen molar-refractivity contribution >= 4 is 27.5 Å². The Morgan fingerprint density at radius 3 is 2.48 bits per heavy atom. The fraction of sp³-hybridized carbons (Fsp3) is 0.333. The molecule has 3 rings (SSSR count). The second-order valence-corrected chi connectivity index (χ2v) is 7.21. The number of benzene rings is 2. The van der Waals surface area contributed by atoms with Gasteiger partial charge in [0.1, 0.15) is 0 Å². The molecule has 2 N–H and O–H groups in total. The zero-order valence-electron chi connectivity index (χ0n) is 12.6. The number of likely N-dealkylation sites (tertiary alicyclic amines) is 1. The summed E-state index contributed by atoms with van der Waals surface area (Å²) in [4.78, 5) is 2.14. The van der Waals surface area contributed by atoms with Crippen LogP contribution in [0, 0.1) is 0 Å². The first-order valence-corrected chi connectivity index (χ1v) is 8.79. The molecular weight excluding hydrogens is 378 g/mol. The van der Waals surface area contributed by atoms with Crippen molar-refractivity contribution in [3.63, 3.8) is 0 Å². The summed E-state index contributed by atoms with van der Waals surface area (Å²) in [5, 5.41) is 21.1. The van der Waals surface area contributed by atoms with Crippen molar-refractivity contribution in [1.29, 1.82) is 0 Å². The van der Waals surface area contributed by atoms with Gasteiger partial charge in [0, 0.05) is 28.5 Å². The molecule has 1 heterocycles. The molecule has 0 bridgehead atoms. The molecule has 122 valence electrons. The van der Waals surface area contributed by atoms with Gasteiger partial charge in [0.25, 0.3) is 0 Å². The van der Waals surface area contributed by atoms with Crippen LogP contribution in [0.3, 0.4) is 0 Å². The summed E-state index contributed by atoms with van der Waals surface area (Å²) in [6.45, 7) is 1.33. The topological polar surface area (TPSA) is 43.7 Å². The normalized spacial score (nSPS) is 25.0. The van der Waals surface area contributed by atoms with Crippen LogP contribution in [-0.4, -0.2) is 40.4 Å². The first-order chi connectivity index (χ1) is 11.1. The predicted molar refractivity (Wildman–Crippen MR) is 95.6 cm³/mol. The number of halogens is 2. The minimum absolute atomic E-state index is 0.0214. The van der Waals surface area contributed by atoms with Gasteiger partial charge in [-0.25, -0.2) is 0 Å². The Morgan fingerprint density at radius 1 is 1.13 bits per heavy atom. The van der Waals surface area contributed by atoms with E-state index in [4.69, 9.17) is 11.6 Å². The Labute approximate surface area is 149 Å². The lowest BCUT2D eigenvalue weighted by molar-refractivity contribution is 0.0640. The van der Waals surface area contributed by atoms with Gasteiger partial charge in [-0.1, -0.05) is 57.9 Å². The zero-order chi connectivity index (χ0) is 16.4. The predicted octanol–water partition coefficient (Wildman–Crippen LogP) is 3.42. The number of rotatable bonds is 4. The summed E-state index contributed by atoms with van der Waals surface area (Å²) in [6, 6.07) is 15.4. The summed E-state index contributed by atoms with van der Waals surface area (Å²) in [7, 11) is 0. The van der Waals surface area contributed by atoms with Gasteiger partial charge in [0.15, 0.2) is 0 Å². The van der Waals surface area contributed by atoms with Crippen LogP contribution < -0.4 is 0 Å². The summed E-state index contributed by atoms with van der Waals surface area (Å²) in [5.41, 5.74) is 2.20. The molecule has 0 radical (unpaired) electrons. The fourth-order valence-corrected chi connectivity index (χ4v) is 3.78. The summed E-state index contributed by atoms with van der Waals surface area (Å²) >= 11 is 9.51. The minimum Gasteiger partial charge on any atom is -0.395 e. The van der Waals surface area contributed by atoms with Gasteiger partial charge in [-0.05, 0) is 29.3 Å². The van der Waals surface area contributed by atoms with Gasteiger partial charge in [-0.3, -0.25) is 4.90 Å². The summed E-state index contributed by atoms with van der Waals surface area (Å²) < 4.78 is 1.04. The second-order valence-electron chi connectivity index (χ2n) is 5.92. The lowest BCUT2D eigenvalue weighted by atomic mass is 9.94. The van der Waals surface area contributed by atoms with Crippen LogP contribution in [0.1, 0.15) is 17.0 Å². The number of hydrogen-bond donors (Lipinski definition) is 2. The van der Waals surface area contributed by atoms with E-state index in [1.54, 1.807) is 0 Å². The molecule has 1 saturated heterocycles. The smallest absolute Gasteiger partial charge is 0.0798 e. The minimum atomic E-state index is -0.594. The SMILES string of the molecule is OC[C@@H]1[C@H](O)[C@@H](c2ccc(Cl)cc2)CN1Cc1ccccc1Br. The average molecular weight is 397 g/mol. The van der Waals surface area contributed by atoms with E-state index in [2.05, 4.69) is 26.9 Å². The van der Waals surface area contributed by atoms with Gasteiger partial charge in [-0.15, -0.1) is 0 Å². The quantitative estimate of drug-likeness (QED) is 0.832. The highest BCUT2D eigenvalue weighted by Crippen LogP contribution is 2.34. The molecule has 0 unspecified atom stereocenters. The highest BCUT2D eigenvalue weighted by atomic mass is 79.9. The third-order valence-electron chi connectivity index (χ3n) is 4.52. The van der Waals surface area contributed by atoms with Gasteiger partial charge >= 0.3 is 0 Å². The molecule has 0 amide bonds. The van der Waals surface area contributed by atoms with Crippen LogP contribution in [-0.2, 0) is 6.54 Å². The largest absolute Gasteiger partial charge is 0.395 e. The lowest BCUT2D eigenvalue weighted by Crippen LogP contribution is -2.38. The van der Waals surface area contributed by atoms with E-state index in [1.807, 2.05) is 42.5 Å². The van der Waals surface area contributed by atoms with E-state index in [9.17, 15) is 10.2 Å².